The van der Waals surface area contributed by atoms with Crippen molar-refractivity contribution in [2.24, 2.45) is 0 Å². The first-order valence-corrected chi connectivity index (χ1v) is 5.01. The molecule has 5 heteroatoms. The van der Waals surface area contributed by atoms with Gasteiger partial charge in [0.25, 0.3) is 11.4 Å². The Hall–Kier alpha value is -2.17. The Labute approximate surface area is 97.1 Å². The molecule has 0 amide bonds. The lowest BCUT2D eigenvalue weighted by Gasteiger charge is -2.06. The van der Waals surface area contributed by atoms with Crippen molar-refractivity contribution in [1.82, 2.24) is 9.97 Å². The summed E-state index contributed by atoms with van der Waals surface area (Å²) < 4.78 is 18.7. The van der Waals surface area contributed by atoms with Crippen molar-refractivity contribution in [2.45, 2.75) is 6.92 Å². The second kappa shape index (κ2) is 4.37. The van der Waals surface area contributed by atoms with Crippen molar-refractivity contribution in [3.8, 4) is 17.0 Å². The zero-order valence-corrected chi connectivity index (χ0v) is 9.45. The molecule has 0 aliphatic rings. The predicted octanol–water partition coefficient (Wildman–Crippen LogP) is 1.89. The summed E-state index contributed by atoms with van der Waals surface area (Å²) in [4.78, 5) is 17.5. The number of rotatable bonds is 2. The second-order valence-corrected chi connectivity index (χ2v) is 3.58. The molecule has 0 bridgehead atoms. The van der Waals surface area contributed by atoms with Crippen molar-refractivity contribution in [1.29, 1.82) is 0 Å². The molecule has 0 saturated carbocycles. The molecule has 0 aromatic carbocycles. The minimum atomic E-state index is -0.540. The Morgan fingerprint density at radius 2 is 2.24 bits per heavy atom. The average Bonchev–Trinajstić information content (AvgIpc) is 2.33. The molecule has 88 valence electrons. The van der Waals surface area contributed by atoms with Crippen LogP contribution in [0.3, 0.4) is 0 Å². The van der Waals surface area contributed by atoms with Gasteiger partial charge < -0.3 is 9.72 Å². The van der Waals surface area contributed by atoms with E-state index in [-0.39, 0.29) is 11.4 Å². The molecular weight excluding hydrogens is 223 g/mol. The fourth-order valence-electron chi connectivity index (χ4n) is 1.54. The van der Waals surface area contributed by atoms with Crippen LogP contribution in [0.25, 0.3) is 11.1 Å². The predicted molar refractivity (Wildman–Crippen MR) is 61.5 cm³/mol. The number of halogens is 1. The zero-order chi connectivity index (χ0) is 12.4. The second-order valence-electron chi connectivity index (χ2n) is 3.58. The van der Waals surface area contributed by atoms with Crippen LogP contribution in [0.5, 0.6) is 5.88 Å². The van der Waals surface area contributed by atoms with E-state index in [1.54, 1.807) is 13.0 Å². The Morgan fingerprint density at radius 1 is 1.47 bits per heavy atom. The summed E-state index contributed by atoms with van der Waals surface area (Å²) in [6, 6.07) is 3.15. The zero-order valence-electron chi connectivity index (χ0n) is 9.45. The van der Waals surface area contributed by atoms with E-state index in [9.17, 15) is 9.18 Å². The monoisotopic (exact) mass is 234 g/mol. The van der Waals surface area contributed by atoms with Gasteiger partial charge in [0.15, 0.2) is 5.82 Å². The van der Waals surface area contributed by atoms with Crippen LogP contribution in [-0.4, -0.2) is 17.1 Å². The Balaban J connectivity index is 2.60. The van der Waals surface area contributed by atoms with Crippen molar-refractivity contribution in [2.75, 3.05) is 7.11 Å². The van der Waals surface area contributed by atoms with Gasteiger partial charge in [0.2, 0.25) is 0 Å². The highest BCUT2D eigenvalue weighted by Crippen LogP contribution is 2.26. The van der Waals surface area contributed by atoms with E-state index in [0.29, 0.717) is 16.7 Å². The number of nitrogens with one attached hydrogen (secondary N) is 1. The van der Waals surface area contributed by atoms with Crippen LogP contribution in [0.2, 0.25) is 0 Å². The van der Waals surface area contributed by atoms with Gasteiger partial charge >= 0.3 is 0 Å². The molecular formula is C12H11FN2O2. The first kappa shape index (κ1) is 11.3. The van der Waals surface area contributed by atoms with Crippen LogP contribution < -0.4 is 10.3 Å². The summed E-state index contributed by atoms with van der Waals surface area (Å²) in [6.45, 7) is 1.67. The van der Waals surface area contributed by atoms with Gasteiger partial charge in [0.1, 0.15) is 0 Å². The van der Waals surface area contributed by atoms with E-state index in [4.69, 9.17) is 4.74 Å². The molecule has 0 aliphatic heterocycles. The Bertz CT molecular complexity index is 608. The van der Waals surface area contributed by atoms with E-state index in [0.717, 1.165) is 0 Å². The molecule has 17 heavy (non-hydrogen) atoms. The molecule has 2 aromatic rings. The van der Waals surface area contributed by atoms with Crippen LogP contribution in [0.1, 0.15) is 5.56 Å². The lowest BCUT2D eigenvalue weighted by molar-refractivity contribution is 0.370. The Morgan fingerprint density at radius 3 is 2.88 bits per heavy atom. The van der Waals surface area contributed by atoms with Crippen molar-refractivity contribution in [3.63, 3.8) is 0 Å². The maximum Gasteiger partial charge on any atom is 0.250 e. The standard InChI is InChI=1S/C12H11FN2O2/c1-7-5-8(6-15-11(7)16)9-3-4-14-12(17-2)10(9)13/h3-6H,1-2H3,(H,15,16). The molecule has 0 aliphatic carbocycles. The van der Waals surface area contributed by atoms with E-state index in [1.807, 2.05) is 0 Å². The molecule has 0 atom stereocenters. The number of ether oxygens (including phenoxy) is 1. The number of methoxy groups -OCH3 is 1. The van der Waals surface area contributed by atoms with Gasteiger partial charge in [-0.3, -0.25) is 4.79 Å². The number of aromatic amines is 1. The fraction of sp³-hybridized carbons (Fsp3) is 0.167. The summed E-state index contributed by atoms with van der Waals surface area (Å²) in [5, 5.41) is 0. The van der Waals surface area contributed by atoms with Crippen molar-refractivity contribution < 1.29 is 9.13 Å². The molecule has 4 nitrogen and oxygen atoms in total. The van der Waals surface area contributed by atoms with Gasteiger partial charge in [-0.2, -0.15) is 0 Å². The molecule has 0 fully saturated rings. The van der Waals surface area contributed by atoms with Crippen LogP contribution in [0.15, 0.2) is 29.3 Å². The van der Waals surface area contributed by atoms with Crippen LogP contribution in [0.4, 0.5) is 4.39 Å². The normalized spacial score (nSPS) is 10.3. The maximum atomic E-state index is 13.9. The highest BCUT2D eigenvalue weighted by molar-refractivity contribution is 5.64. The van der Waals surface area contributed by atoms with E-state index < -0.39 is 5.82 Å². The summed E-state index contributed by atoms with van der Waals surface area (Å²) in [7, 11) is 1.35. The molecule has 0 radical (unpaired) electrons. The number of aromatic nitrogens is 2. The van der Waals surface area contributed by atoms with Crippen LogP contribution in [-0.2, 0) is 0 Å². The third-order valence-electron chi connectivity index (χ3n) is 2.45. The van der Waals surface area contributed by atoms with Gasteiger partial charge in [0, 0.05) is 29.1 Å². The van der Waals surface area contributed by atoms with Crippen molar-refractivity contribution >= 4 is 0 Å². The lowest BCUT2D eigenvalue weighted by atomic mass is 10.1. The van der Waals surface area contributed by atoms with E-state index in [1.165, 1.54) is 25.6 Å². The van der Waals surface area contributed by atoms with Gasteiger partial charge in [-0.25, -0.2) is 9.37 Å². The molecule has 1 N–H and O–H groups in total. The largest absolute Gasteiger partial charge is 0.479 e. The van der Waals surface area contributed by atoms with Gasteiger partial charge in [-0.05, 0) is 19.1 Å². The SMILES string of the molecule is COc1nccc(-c2c[nH]c(=O)c(C)c2)c1F. The number of nitrogens with zero attached hydrogens (tertiary/aromatic N) is 1. The summed E-state index contributed by atoms with van der Waals surface area (Å²) in [6.07, 6.45) is 2.92. The quantitative estimate of drug-likeness (QED) is 0.863. The smallest absolute Gasteiger partial charge is 0.250 e. The first-order chi connectivity index (χ1) is 8.13. The molecule has 0 unspecified atom stereocenters. The third kappa shape index (κ3) is 2.04. The first-order valence-electron chi connectivity index (χ1n) is 5.01. The minimum absolute atomic E-state index is 0.0636. The summed E-state index contributed by atoms with van der Waals surface area (Å²) in [5.41, 5.74) is 1.27. The van der Waals surface area contributed by atoms with E-state index >= 15 is 0 Å². The molecule has 2 heterocycles. The Kier molecular flexibility index (Phi) is 2.91. The topological polar surface area (TPSA) is 55.0 Å². The molecule has 2 rings (SSSR count). The van der Waals surface area contributed by atoms with Gasteiger partial charge in [-0.15, -0.1) is 0 Å². The molecule has 0 spiro atoms. The summed E-state index contributed by atoms with van der Waals surface area (Å²) >= 11 is 0. The number of pyridine rings is 2. The number of H-pyrrole nitrogens is 1. The highest BCUT2D eigenvalue weighted by Gasteiger charge is 2.12. The molecule has 2 aromatic heterocycles. The number of hydrogen-bond donors (Lipinski definition) is 1. The lowest BCUT2D eigenvalue weighted by Crippen LogP contribution is -2.08. The average molecular weight is 234 g/mol. The minimum Gasteiger partial charge on any atom is -0.479 e. The number of aryl methyl sites for hydroxylation is 1. The maximum absolute atomic E-state index is 13.9. The van der Waals surface area contributed by atoms with Gasteiger partial charge in [-0.1, -0.05) is 0 Å². The van der Waals surface area contributed by atoms with Crippen molar-refractivity contribution in [3.05, 3.63) is 46.3 Å². The molecule has 0 saturated heterocycles. The van der Waals surface area contributed by atoms with E-state index in [2.05, 4.69) is 9.97 Å². The third-order valence-corrected chi connectivity index (χ3v) is 2.45. The summed E-state index contributed by atoms with van der Waals surface area (Å²) in [5.74, 6) is -0.604. The van der Waals surface area contributed by atoms with Crippen LogP contribution >= 0.6 is 0 Å². The van der Waals surface area contributed by atoms with Gasteiger partial charge in [0.05, 0.1) is 7.11 Å². The fourth-order valence-corrected chi connectivity index (χ4v) is 1.54. The van der Waals surface area contributed by atoms with Crippen LogP contribution in [0, 0.1) is 12.7 Å². The highest BCUT2D eigenvalue weighted by atomic mass is 19.1. The number of hydrogen-bond acceptors (Lipinski definition) is 3.